The highest BCUT2D eigenvalue weighted by molar-refractivity contribution is 7.14. The number of hydrogen-bond acceptors (Lipinski definition) is 8. The van der Waals surface area contributed by atoms with E-state index in [1.54, 1.807) is 29.3 Å². The van der Waals surface area contributed by atoms with E-state index < -0.39 is 34.1 Å². The van der Waals surface area contributed by atoms with Crippen molar-refractivity contribution in [2.45, 2.75) is 63.8 Å². The second-order valence-electron chi connectivity index (χ2n) is 11.5. The van der Waals surface area contributed by atoms with E-state index in [1.165, 1.54) is 34.8 Å². The van der Waals surface area contributed by atoms with Crippen LogP contribution in [0.3, 0.4) is 0 Å². The Balaban J connectivity index is 1.35. The zero-order valence-electron chi connectivity index (χ0n) is 20.9. The van der Waals surface area contributed by atoms with Crippen LogP contribution < -0.4 is 5.32 Å². The molecule has 4 aliphatic rings. The Bertz CT molecular complexity index is 1340. The van der Waals surface area contributed by atoms with Crippen LogP contribution in [0.1, 0.15) is 62.6 Å². The summed E-state index contributed by atoms with van der Waals surface area (Å²) in [5, 5.41) is 30.4. The largest absolute Gasteiger partial charge is 0.390 e. The quantitative estimate of drug-likeness (QED) is 0.519. The molecule has 2 aromatic rings. The van der Waals surface area contributed by atoms with Gasteiger partial charge in [0.15, 0.2) is 16.6 Å². The molecule has 0 aliphatic heterocycles. The molecule has 3 fully saturated rings. The van der Waals surface area contributed by atoms with Gasteiger partial charge in [-0.15, -0.1) is 22.7 Å². The third-order valence-corrected chi connectivity index (χ3v) is 11.3. The van der Waals surface area contributed by atoms with E-state index in [-0.39, 0.29) is 29.9 Å². The Morgan fingerprint density at radius 1 is 1.27 bits per heavy atom. The van der Waals surface area contributed by atoms with Crippen LogP contribution >= 0.6 is 22.7 Å². The van der Waals surface area contributed by atoms with Crippen LogP contribution in [0, 0.1) is 28.6 Å². The number of halogens is 1. The molecular formula is C27H30FN3O4S2. The normalized spacial score (nSPS) is 42.5. The predicted octanol–water partition coefficient (Wildman–Crippen LogP) is 4.66. The standard InChI is InChI=1S/C27H30FN3O4S2/c1-14-8-18-17-5-4-15-9-16(32)6-7-24(15,2)26(17,28)21(33)10-25(18,3)27(14,35)20-12-37-23(30-20)31-22(34)19-11-36-13-29-19/h6-7,9,11-14,17-18,21,33,35H,4-5,8,10H2,1-3H3,(H,30,31,34). The summed E-state index contributed by atoms with van der Waals surface area (Å²) < 4.78 is 17.3. The summed E-state index contributed by atoms with van der Waals surface area (Å²) in [6.07, 6.45) is 5.00. The molecule has 0 radical (unpaired) electrons. The summed E-state index contributed by atoms with van der Waals surface area (Å²) in [7, 11) is 0. The lowest BCUT2D eigenvalue weighted by atomic mass is 9.44. The SMILES string of the molecule is CC1CC2C3CCC4=CC(=O)C=CC4(C)C3(F)C(O)CC2(C)C1(O)c1csc(NC(=O)c2cscn2)n1. The van der Waals surface area contributed by atoms with Crippen molar-refractivity contribution < 1.29 is 24.2 Å². The van der Waals surface area contributed by atoms with Gasteiger partial charge in [0.2, 0.25) is 0 Å². The summed E-state index contributed by atoms with van der Waals surface area (Å²) in [5.74, 6) is -1.43. The Morgan fingerprint density at radius 2 is 2.05 bits per heavy atom. The van der Waals surface area contributed by atoms with Crippen molar-refractivity contribution in [1.82, 2.24) is 9.97 Å². The van der Waals surface area contributed by atoms with Crippen LogP contribution in [0.15, 0.2) is 40.1 Å². The molecule has 8 atom stereocenters. The number of aliphatic hydroxyl groups is 2. The van der Waals surface area contributed by atoms with E-state index in [0.717, 1.165) is 5.57 Å². The topological polar surface area (TPSA) is 112 Å². The Kier molecular flexibility index (Phi) is 5.49. The van der Waals surface area contributed by atoms with E-state index >= 15 is 4.39 Å². The number of thiazole rings is 2. The van der Waals surface area contributed by atoms with Gasteiger partial charge < -0.3 is 10.2 Å². The first-order valence-electron chi connectivity index (χ1n) is 12.6. The molecule has 0 bridgehead atoms. The summed E-state index contributed by atoms with van der Waals surface area (Å²) in [5.41, 5.74) is -2.20. The minimum atomic E-state index is -1.95. The maximum absolute atomic E-state index is 17.3. The van der Waals surface area contributed by atoms with Crippen molar-refractivity contribution in [2.75, 3.05) is 5.32 Å². The lowest BCUT2D eigenvalue weighted by Gasteiger charge is -2.62. The highest BCUT2D eigenvalue weighted by Crippen LogP contribution is 2.72. The zero-order chi connectivity index (χ0) is 26.4. The number of ketones is 1. The molecule has 7 nitrogen and oxygen atoms in total. The molecule has 2 heterocycles. The number of carbonyl (C=O) groups is 2. The van der Waals surface area contributed by atoms with Crippen LogP contribution in [-0.4, -0.2) is 43.6 Å². The molecule has 10 heteroatoms. The van der Waals surface area contributed by atoms with Crippen LogP contribution in [0.4, 0.5) is 9.52 Å². The van der Waals surface area contributed by atoms with Gasteiger partial charge in [0, 0.05) is 27.5 Å². The molecule has 3 N–H and O–H groups in total. The van der Waals surface area contributed by atoms with Gasteiger partial charge in [0.05, 0.1) is 17.3 Å². The highest BCUT2D eigenvalue weighted by atomic mass is 32.1. The van der Waals surface area contributed by atoms with E-state index in [1.807, 2.05) is 13.8 Å². The van der Waals surface area contributed by atoms with E-state index in [0.29, 0.717) is 35.8 Å². The predicted molar refractivity (Wildman–Crippen MR) is 139 cm³/mol. The number of nitrogens with zero attached hydrogens (tertiary/aromatic N) is 2. The minimum Gasteiger partial charge on any atom is -0.390 e. The Labute approximate surface area is 222 Å². The number of alkyl halides is 1. The summed E-state index contributed by atoms with van der Waals surface area (Å²) in [4.78, 5) is 33.2. The number of carbonyl (C=O) groups excluding carboxylic acids is 2. The fraction of sp³-hybridized carbons (Fsp3) is 0.556. The van der Waals surface area contributed by atoms with Crippen LogP contribution in [0.5, 0.6) is 0 Å². The van der Waals surface area contributed by atoms with Crippen molar-refractivity contribution in [3.63, 3.8) is 0 Å². The van der Waals surface area contributed by atoms with Gasteiger partial charge in [-0.05, 0) is 56.6 Å². The average molecular weight is 544 g/mol. The molecule has 0 aromatic carbocycles. The van der Waals surface area contributed by atoms with Gasteiger partial charge in [0.25, 0.3) is 5.91 Å². The summed E-state index contributed by atoms with van der Waals surface area (Å²) in [6.45, 7) is 5.70. The number of amides is 1. The molecule has 196 valence electrons. The number of anilines is 1. The first kappa shape index (κ1) is 25.0. The van der Waals surface area contributed by atoms with Gasteiger partial charge >= 0.3 is 0 Å². The molecular weight excluding hydrogens is 513 g/mol. The van der Waals surface area contributed by atoms with E-state index in [4.69, 9.17) is 0 Å². The van der Waals surface area contributed by atoms with Gasteiger partial charge in [-0.1, -0.05) is 25.5 Å². The third kappa shape index (κ3) is 3.16. The number of aliphatic hydroxyl groups excluding tert-OH is 1. The lowest BCUT2D eigenvalue weighted by molar-refractivity contribution is -0.223. The maximum atomic E-state index is 17.3. The number of hydrogen-bond donors (Lipinski definition) is 3. The van der Waals surface area contributed by atoms with Crippen molar-refractivity contribution in [3.05, 3.63) is 51.5 Å². The first-order valence-corrected chi connectivity index (χ1v) is 14.5. The molecule has 0 saturated heterocycles. The molecule has 6 rings (SSSR count). The Morgan fingerprint density at radius 3 is 2.78 bits per heavy atom. The van der Waals surface area contributed by atoms with Crippen molar-refractivity contribution in [1.29, 1.82) is 0 Å². The molecule has 4 aliphatic carbocycles. The van der Waals surface area contributed by atoms with Gasteiger partial charge in [-0.3, -0.25) is 14.9 Å². The van der Waals surface area contributed by atoms with Gasteiger partial charge in [0.1, 0.15) is 11.3 Å². The van der Waals surface area contributed by atoms with E-state index in [2.05, 4.69) is 15.3 Å². The number of allylic oxidation sites excluding steroid dienone is 4. The second kappa shape index (κ2) is 8.11. The number of fused-ring (bicyclic) bond motifs is 5. The molecule has 2 aromatic heterocycles. The lowest BCUT2D eigenvalue weighted by Crippen LogP contribution is -2.68. The fourth-order valence-electron chi connectivity index (χ4n) is 8.08. The third-order valence-electron chi connectivity index (χ3n) is 10.0. The summed E-state index contributed by atoms with van der Waals surface area (Å²) in [6, 6.07) is 0. The van der Waals surface area contributed by atoms with Gasteiger partial charge in [-0.25, -0.2) is 14.4 Å². The van der Waals surface area contributed by atoms with Gasteiger partial charge in [-0.2, -0.15) is 0 Å². The zero-order valence-corrected chi connectivity index (χ0v) is 22.5. The Hall–Kier alpha value is -2.27. The molecule has 3 saturated carbocycles. The minimum absolute atomic E-state index is 0.0637. The van der Waals surface area contributed by atoms with Crippen LogP contribution in [-0.2, 0) is 10.4 Å². The van der Waals surface area contributed by atoms with Crippen LogP contribution in [0.25, 0.3) is 0 Å². The number of nitrogens with one attached hydrogen (secondary N) is 1. The van der Waals surface area contributed by atoms with Crippen molar-refractivity contribution in [2.24, 2.45) is 28.6 Å². The second-order valence-corrected chi connectivity index (χ2v) is 13.1. The van der Waals surface area contributed by atoms with Crippen molar-refractivity contribution >= 4 is 39.5 Å². The molecule has 0 spiro atoms. The van der Waals surface area contributed by atoms with Crippen molar-refractivity contribution in [3.8, 4) is 0 Å². The average Bonchev–Trinajstić information content (AvgIpc) is 3.58. The van der Waals surface area contributed by atoms with Crippen LogP contribution in [0.2, 0.25) is 0 Å². The molecule has 37 heavy (non-hydrogen) atoms. The summed E-state index contributed by atoms with van der Waals surface area (Å²) >= 11 is 2.55. The highest BCUT2D eigenvalue weighted by Gasteiger charge is 2.74. The smallest absolute Gasteiger partial charge is 0.276 e. The molecule has 1 amide bonds. The monoisotopic (exact) mass is 543 g/mol. The first-order chi connectivity index (χ1) is 17.4. The molecule has 8 unspecified atom stereocenters. The fourth-order valence-corrected chi connectivity index (χ4v) is 9.37. The van der Waals surface area contributed by atoms with E-state index in [9.17, 15) is 19.8 Å². The number of aromatic nitrogens is 2. The maximum Gasteiger partial charge on any atom is 0.276 e. The number of rotatable bonds is 3.